The second-order valence-electron chi connectivity index (χ2n) is 3.42. The molecule has 84 valence electrons. The van der Waals surface area contributed by atoms with Gasteiger partial charge in [-0.05, 0) is 30.2 Å². The van der Waals surface area contributed by atoms with Crippen LogP contribution in [0.5, 0.6) is 0 Å². The first-order valence-corrected chi connectivity index (χ1v) is 5.22. The highest BCUT2D eigenvalue weighted by molar-refractivity contribution is 6.20. The Morgan fingerprint density at radius 3 is 2.69 bits per heavy atom. The van der Waals surface area contributed by atoms with Crippen LogP contribution in [0.2, 0.25) is 0 Å². The topological polar surface area (TPSA) is 13.1 Å². The average Bonchev–Trinajstić information content (AvgIpc) is 2.75. The number of furan rings is 1. The molecule has 2 rings (SSSR count). The van der Waals surface area contributed by atoms with E-state index in [1.165, 1.54) is 18.4 Å². The fourth-order valence-electron chi connectivity index (χ4n) is 1.45. The van der Waals surface area contributed by atoms with Gasteiger partial charge < -0.3 is 4.42 Å². The van der Waals surface area contributed by atoms with E-state index in [1.807, 2.05) is 0 Å². The molecule has 0 saturated carbocycles. The minimum atomic E-state index is -0.592. The number of hydrogen-bond acceptors (Lipinski definition) is 1. The smallest absolute Gasteiger partial charge is 0.129 e. The molecule has 1 aromatic carbocycles. The lowest BCUT2D eigenvalue weighted by molar-refractivity contribution is 0.498. The van der Waals surface area contributed by atoms with Crippen LogP contribution in [0, 0.1) is 11.6 Å². The monoisotopic (exact) mass is 242 g/mol. The molecule has 0 aliphatic heterocycles. The maximum Gasteiger partial charge on any atom is 0.129 e. The van der Waals surface area contributed by atoms with Gasteiger partial charge in [-0.3, -0.25) is 0 Å². The van der Waals surface area contributed by atoms with Crippen molar-refractivity contribution in [1.82, 2.24) is 0 Å². The Morgan fingerprint density at radius 2 is 2.06 bits per heavy atom. The summed E-state index contributed by atoms with van der Waals surface area (Å²) in [5.74, 6) is -0.604. The Hall–Kier alpha value is -1.35. The van der Waals surface area contributed by atoms with Gasteiger partial charge in [0.05, 0.1) is 11.6 Å². The van der Waals surface area contributed by atoms with E-state index in [0.29, 0.717) is 11.3 Å². The van der Waals surface area contributed by atoms with Gasteiger partial charge in [-0.2, -0.15) is 0 Å². The second-order valence-corrected chi connectivity index (χ2v) is 3.95. The molecule has 16 heavy (non-hydrogen) atoms. The predicted octanol–water partition coefficient (Wildman–Crippen LogP) is 4.08. The summed E-state index contributed by atoms with van der Waals surface area (Å²) in [7, 11) is 0. The molecule has 1 heterocycles. The second kappa shape index (κ2) is 4.66. The maximum atomic E-state index is 13.3. The first-order valence-electron chi connectivity index (χ1n) is 4.78. The van der Waals surface area contributed by atoms with E-state index in [9.17, 15) is 8.78 Å². The minimum absolute atomic E-state index is 0.265. The van der Waals surface area contributed by atoms with Gasteiger partial charge >= 0.3 is 0 Å². The Labute approximate surface area is 96.6 Å². The molecule has 2 aromatic rings. The number of halogens is 3. The number of benzene rings is 1. The lowest BCUT2D eigenvalue weighted by Crippen LogP contribution is -1.98. The van der Waals surface area contributed by atoms with Gasteiger partial charge in [-0.1, -0.05) is 6.07 Å². The molecular formula is C12H9ClF2O. The predicted molar refractivity (Wildman–Crippen MR) is 57.4 cm³/mol. The number of rotatable bonds is 3. The van der Waals surface area contributed by atoms with Crippen molar-refractivity contribution in [2.24, 2.45) is 0 Å². The van der Waals surface area contributed by atoms with Gasteiger partial charge in [0.1, 0.15) is 17.4 Å². The standard InChI is InChI=1S/C12H9ClF2O/c13-10(12-2-1-5-16-12)6-8-3-4-9(14)7-11(8)15/h1-5,7,10H,6H2. The summed E-state index contributed by atoms with van der Waals surface area (Å²) in [4.78, 5) is 0. The molecule has 0 spiro atoms. The third-order valence-corrected chi connectivity index (χ3v) is 2.64. The van der Waals surface area contributed by atoms with Gasteiger partial charge in [0.2, 0.25) is 0 Å². The zero-order chi connectivity index (χ0) is 11.5. The van der Waals surface area contributed by atoms with Gasteiger partial charge in [-0.25, -0.2) is 8.78 Å². The molecule has 1 nitrogen and oxygen atoms in total. The van der Waals surface area contributed by atoms with Gasteiger partial charge in [0.25, 0.3) is 0 Å². The SMILES string of the molecule is Fc1ccc(CC(Cl)c2ccco2)c(F)c1. The molecule has 0 N–H and O–H groups in total. The van der Waals surface area contributed by atoms with E-state index < -0.39 is 17.0 Å². The van der Waals surface area contributed by atoms with Crippen molar-refractivity contribution in [2.75, 3.05) is 0 Å². The van der Waals surface area contributed by atoms with Crippen LogP contribution >= 0.6 is 11.6 Å². The Kier molecular flexibility index (Phi) is 3.25. The Morgan fingerprint density at radius 1 is 1.25 bits per heavy atom. The Balaban J connectivity index is 2.15. The quantitative estimate of drug-likeness (QED) is 0.739. The van der Waals surface area contributed by atoms with E-state index in [2.05, 4.69) is 0 Å². The average molecular weight is 243 g/mol. The lowest BCUT2D eigenvalue weighted by atomic mass is 10.1. The van der Waals surface area contributed by atoms with Crippen molar-refractivity contribution < 1.29 is 13.2 Å². The highest BCUT2D eigenvalue weighted by atomic mass is 35.5. The summed E-state index contributed by atoms with van der Waals surface area (Å²) in [5, 5.41) is -0.449. The van der Waals surface area contributed by atoms with Crippen LogP contribution in [0.15, 0.2) is 41.0 Å². The highest BCUT2D eigenvalue weighted by Gasteiger charge is 2.14. The van der Waals surface area contributed by atoms with Crippen LogP contribution in [0.4, 0.5) is 8.78 Å². The summed E-state index contributed by atoms with van der Waals surface area (Å²) < 4.78 is 31.1. The third kappa shape index (κ3) is 2.42. The molecule has 0 aliphatic carbocycles. The molecule has 1 atom stereocenters. The molecule has 0 amide bonds. The number of alkyl halides is 1. The molecule has 1 unspecified atom stereocenters. The summed E-state index contributed by atoms with van der Waals surface area (Å²) >= 11 is 6.04. The maximum absolute atomic E-state index is 13.3. The van der Waals surface area contributed by atoms with Crippen molar-refractivity contribution in [3.05, 3.63) is 59.6 Å². The van der Waals surface area contributed by atoms with Gasteiger partial charge in [-0.15, -0.1) is 11.6 Å². The van der Waals surface area contributed by atoms with Crippen LogP contribution in [0.3, 0.4) is 0 Å². The van der Waals surface area contributed by atoms with E-state index in [1.54, 1.807) is 12.1 Å². The van der Waals surface area contributed by atoms with E-state index >= 15 is 0 Å². The van der Waals surface area contributed by atoms with E-state index in [0.717, 1.165) is 6.07 Å². The molecule has 4 heteroatoms. The molecule has 0 fully saturated rings. The molecule has 0 bridgehead atoms. The number of hydrogen-bond donors (Lipinski definition) is 0. The molecular weight excluding hydrogens is 234 g/mol. The Bertz CT molecular complexity index is 468. The summed E-state index contributed by atoms with van der Waals surface area (Å²) in [6.45, 7) is 0. The fraction of sp³-hybridized carbons (Fsp3) is 0.167. The van der Waals surface area contributed by atoms with Gasteiger partial charge in [0.15, 0.2) is 0 Å². The summed E-state index contributed by atoms with van der Waals surface area (Å²) in [6.07, 6.45) is 1.77. The van der Waals surface area contributed by atoms with Crippen LogP contribution < -0.4 is 0 Å². The van der Waals surface area contributed by atoms with Crippen molar-refractivity contribution in [3.63, 3.8) is 0 Å². The lowest BCUT2D eigenvalue weighted by Gasteiger charge is -2.07. The minimum Gasteiger partial charge on any atom is -0.468 e. The van der Waals surface area contributed by atoms with Gasteiger partial charge in [0, 0.05) is 6.07 Å². The van der Waals surface area contributed by atoms with Crippen molar-refractivity contribution in [1.29, 1.82) is 0 Å². The zero-order valence-corrected chi connectivity index (χ0v) is 9.05. The van der Waals surface area contributed by atoms with E-state index in [-0.39, 0.29) is 6.42 Å². The highest BCUT2D eigenvalue weighted by Crippen LogP contribution is 2.26. The van der Waals surface area contributed by atoms with E-state index in [4.69, 9.17) is 16.0 Å². The van der Waals surface area contributed by atoms with Crippen LogP contribution in [0.1, 0.15) is 16.7 Å². The first kappa shape index (κ1) is 11.1. The third-order valence-electron chi connectivity index (χ3n) is 2.27. The molecule has 1 aromatic heterocycles. The summed E-state index contributed by atoms with van der Waals surface area (Å²) in [6, 6.07) is 6.89. The fourth-order valence-corrected chi connectivity index (χ4v) is 1.74. The molecule has 0 aliphatic rings. The van der Waals surface area contributed by atoms with Crippen molar-refractivity contribution in [3.8, 4) is 0 Å². The zero-order valence-electron chi connectivity index (χ0n) is 8.29. The van der Waals surface area contributed by atoms with Crippen molar-refractivity contribution in [2.45, 2.75) is 11.8 Å². The summed E-state index contributed by atoms with van der Waals surface area (Å²) in [5.41, 5.74) is 0.373. The largest absolute Gasteiger partial charge is 0.468 e. The van der Waals surface area contributed by atoms with Crippen LogP contribution in [0.25, 0.3) is 0 Å². The first-order chi connectivity index (χ1) is 7.66. The molecule has 0 radical (unpaired) electrons. The van der Waals surface area contributed by atoms with Crippen LogP contribution in [-0.2, 0) is 6.42 Å². The normalized spacial score (nSPS) is 12.7. The van der Waals surface area contributed by atoms with Crippen molar-refractivity contribution >= 4 is 11.6 Å². The molecule has 0 saturated heterocycles. The van der Waals surface area contributed by atoms with Crippen LogP contribution in [-0.4, -0.2) is 0 Å².